The van der Waals surface area contributed by atoms with E-state index >= 15 is 0 Å². The second-order valence-corrected chi connectivity index (χ2v) is 11.1. The van der Waals surface area contributed by atoms with Gasteiger partial charge in [0, 0.05) is 19.6 Å². The van der Waals surface area contributed by atoms with Gasteiger partial charge in [0.25, 0.3) is 21.8 Å². The summed E-state index contributed by atoms with van der Waals surface area (Å²) in [6.45, 7) is 0.112. The lowest BCUT2D eigenvalue weighted by Gasteiger charge is -2.34. The molecule has 8 nitrogen and oxygen atoms in total. The van der Waals surface area contributed by atoms with Gasteiger partial charge in [-0.1, -0.05) is 42.5 Å². The van der Waals surface area contributed by atoms with Crippen LogP contribution in [0.2, 0.25) is 0 Å². The van der Waals surface area contributed by atoms with Gasteiger partial charge in [0.2, 0.25) is 5.91 Å². The molecule has 34 heavy (non-hydrogen) atoms. The van der Waals surface area contributed by atoms with Crippen molar-refractivity contribution in [3.63, 3.8) is 0 Å². The Labute approximate surface area is 200 Å². The summed E-state index contributed by atoms with van der Waals surface area (Å²) >= 11 is 1.10. The predicted molar refractivity (Wildman–Crippen MR) is 126 cm³/mol. The largest absolute Gasteiger partial charge is 0.353 e. The number of rotatable bonds is 6. The SMILES string of the molecule is O=C(NCCN1C(=O)c2ccccc2C1=O)C1Cc2ccccc2CN1S(=O)(=O)c1cccs1. The molecule has 3 heterocycles. The predicted octanol–water partition coefficient (Wildman–Crippen LogP) is 2.28. The number of amides is 3. The Bertz CT molecular complexity index is 1350. The van der Waals surface area contributed by atoms with E-state index in [9.17, 15) is 22.8 Å². The van der Waals surface area contributed by atoms with Crippen LogP contribution < -0.4 is 5.32 Å². The molecule has 0 fully saturated rings. The molecule has 0 saturated carbocycles. The highest BCUT2D eigenvalue weighted by atomic mass is 32.2. The number of sulfonamides is 1. The van der Waals surface area contributed by atoms with Gasteiger partial charge < -0.3 is 5.32 Å². The first-order valence-corrected chi connectivity index (χ1v) is 13.0. The minimum atomic E-state index is -3.88. The minimum absolute atomic E-state index is 0.000924. The smallest absolute Gasteiger partial charge is 0.261 e. The molecular weight excluding hydrogens is 474 g/mol. The molecule has 1 atom stereocenters. The summed E-state index contributed by atoms with van der Waals surface area (Å²) in [7, 11) is -3.88. The summed E-state index contributed by atoms with van der Waals surface area (Å²) in [4.78, 5) is 39.4. The second kappa shape index (κ2) is 8.79. The highest BCUT2D eigenvalue weighted by molar-refractivity contribution is 7.91. The molecule has 5 rings (SSSR count). The molecule has 10 heteroatoms. The molecule has 174 valence electrons. The van der Waals surface area contributed by atoms with E-state index in [0.717, 1.165) is 27.4 Å². The average molecular weight is 496 g/mol. The Hall–Kier alpha value is -3.34. The Kier molecular flexibility index (Phi) is 5.80. The van der Waals surface area contributed by atoms with Gasteiger partial charge >= 0.3 is 0 Å². The van der Waals surface area contributed by atoms with Crippen LogP contribution in [0.25, 0.3) is 0 Å². The van der Waals surface area contributed by atoms with Crippen molar-refractivity contribution in [3.05, 3.63) is 88.3 Å². The van der Waals surface area contributed by atoms with Gasteiger partial charge in [-0.25, -0.2) is 8.42 Å². The van der Waals surface area contributed by atoms with Gasteiger partial charge in [-0.2, -0.15) is 4.31 Å². The Morgan fingerprint density at radius 2 is 1.59 bits per heavy atom. The third kappa shape index (κ3) is 3.83. The number of fused-ring (bicyclic) bond motifs is 2. The zero-order chi connectivity index (χ0) is 23.9. The van der Waals surface area contributed by atoms with E-state index in [4.69, 9.17) is 0 Å². The molecule has 1 unspecified atom stereocenters. The fraction of sp³-hybridized carbons (Fsp3) is 0.208. The first kappa shape index (κ1) is 22.5. The lowest BCUT2D eigenvalue weighted by molar-refractivity contribution is -0.125. The van der Waals surface area contributed by atoms with E-state index in [0.29, 0.717) is 11.1 Å². The van der Waals surface area contributed by atoms with Crippen molar-refractivity contribution in [3.8, 4) is 0 Å². The van der Waals surface area contributed by atoms with Gasteiger partial charge in [-0.3, -0.25) is 19.3 Å². The number of nitrogens with zero attached hydrogens (tertiary/aromatic N) is 2. The van der Waals surface area contributed by atoms with E-state index in [1.807, 2.05) is 24.3 Å². The van der Waals surface area contributed by atoms with Crippen LogP contribution in [0.3, 0.4) is 0 Å². The molecule has 1 aromatic heterocycles. The van der Waals surface area contributed by atoms with E-state index in [-0.39, 0.29) is 30.3 Å². The quantitative estimate of drug-likeness (QED) is 0.529. The van der Waals surface area contributed by atoms with Crippen LogP contribution in [0, 0.1) is 0 Å². The maximum absolute atomic E-state index is 13.3. The summed E-state index contributed by atoms with van der Waals surface area (Å²) in [5.74, 6) is -1.27. The number of hydrogen-bond acceptors (Lipinski definition) is 6. The molecule has 0 radical (unpaired) electrons. The summed E-state index contributed by atoms with van der Waals surface area (Å²) in [5.41, 5.74) is 2.46. The van der Waals surface area contributed by atoms with E-state index in [2.05, 4.69) is 5.32 Å². The van der Waals surface area contributed by atoms with Crippen LogP contribution in [0.4, 0.5) is 0 Å². The van der Waals surface area contributed by atoms with Gasteiger partial charge in [0.15, 0.2) is 0 Å². The molecule has 0 saturated heterocycles. The van der Waals surface area contributed by atoms with Crippen molar-refractivity contribution in [1.29, 1.82) is 0 Å². The fourth-order valence-corrected chi connectivity index (χ4v) is 7.04. The molecular formula is C24H21N3O5S2. The van der Waals surface area contributed by atoms with Gasteiger partial charge in [-0.15, -0.1) is 11.3 Å². The number of carbonyl (C=O) groups excluding carboxylic acids is 3. The van der Waals surface area contributed by atoms with Crippen molar-refractivity contribution in [2.75, 3.05) is 13.1 Å². The Balaban J connectivity index is 1.32. The Morgan fingerprint density at radius 1 is 0.941 bits per heavy atom. The van der Waals surface area contributed by atoms with Crippen LogP contribution >= 0.6 is 11.3 Å². The lowest BCUT2D eigenvalue weighted by atomic mass is 9.95. The molecule has 3 aromatic rings. The minimum Gasteiger partial charge on any atom is -0.353 e. The summed E-state index contributed by atoms with van der Waals surface area (Å²) in [5, 5.41) is 4.42. The van der Waals surface area contributed by atoms with Crippen LogP contribution in [0.1, 0.15) is 31.8 Å². The van der Waals surface area contributed by atoms with E-state index in [1.54, 1.807) is 35.7 Å². The maximum atomic E-state index is 13.3. The zero-order valence-corrected chi connectivity index (χ0v) is 19.6. The van der Waals surface area contributed by atoms with Crippen molar-refractivity contribution >= 4 is 39.1 Å². The highest BCUT2D eigenvalue weighted by Crippen LogP contribution is 2.31. The molecule has 0 spiro atoms. The van der Waals surface area contributed by atoms with Crippen molar-refractivity contribution in [2.24, 2.45) is 0 Å². The Morgan fingerprint density at radius 3 is 2.24 bits per heavy atom. The topological polar surface area (TPSA) is 104 Å². The lowest BCUT2D eigenvalue weighted by Crippen LogP contribution is -2.53. The second-order valence-electron chi connectivity index (χ2n) is 8.07. The number of imide groups is 1. The third-order valence-electron chi connectivity index (χ3n) is 6.08. The summed E-state index contributed by atoms with van der Waals surface area (Å²) < 4.78 is 28.1. The van der Waals surface area contributed by atoms with Crippen molar-refractivity contribution < 1.29 is 22.8 Å². The first-order chi connectivity index (χ1) is 16.4. The van der Waals surface area contributed by atoms with Crippen LogP contribution in [0.15, 0.2) is 70.3 Å². The van der Waals surface area contributed by atoms with Gasteiger partial charge in [0.05, 0.1) is 11.1 Å². The van der Waals surface area contributed by atoms with Crippen LogP contribution in [-0.2, 0) is 27.8 Å². The molecule has 0 bridgehead atoms. The summed E-state index contributed by atoms with van der Waals surface area (Å²) in [6.07, 6.45) is 0.236. The summed E-state index contributed by atoms with van der Waals surface area (Å²) in [6, 6.07) is 16.3. The molecule has 2 aromatic carbocycles. The zero-order valence-electron chi connectivity index (χ0n) is 18.0. The standard InChI is InChI=1S/C24H21N3O5S2/c28-22(25-11-12-26-23(29)18-8-3-4-9-19(18)24(26)30)20-14-16-6-1-2-7-17(16)15-27(20)34(31,32)21-10-5-13-33-21/h1-10,13,20H,11-12,14-15H2,(H,25,28). The van der Waals surface area contributed by atoms with E-state index in [1.165, 1.54) is 10.4 Å². The number of thiophene rings is 1. The normalized spacial score (nSPS) is 18.0. The fourth-order valence-electron chi connectivity index (χ4n) is 4.35. The molecule has 3 amide bonds. The molecule has 1 N–H and O–H groups in total. The molecule has 0 aliphatic carbocycles. The number of carbonyl (C=O) groups is 3. The monoisotopic (exact) mass is 495 g/mol. The van der Waals surface area contributed by atoms with Gasteiger partial charge in [-0.05, 0) is 41.1 Å². The first-order valence-electron chi connectivity index (χ1n) is 10.7. The third-order valence-corrected chi connectivity index (χ3v) is 9.31. The highest BCUT2D eigenvalue weighted by Gasteiger charge is 2.40. The number of hydrogen-bond donors (Lipinski definition) is 1. The van der Waals surface area contributed by atoms with Crippen molar-refractivity contribution in [1.82, 2.24) is 14.5 Å². The molecule has 2 aliphatic rings. The van der Waals surface area contributed by atoms with Crippen LogP contribution in [-0.4, -0.2) is 54.5 Å². The number of benzene rings is 2. The maximum Gasteiger partial charge on any atom is 0.261 e. The number of nitrogens with one attached hydrogen (secondary N) is 1. The van der Waals surface area contributed by atoms with Gasteiger partial charge in [0.1, 0.15) is 10.3 Å². The van der Waals surface area contributed by atoms with Crippen LogP contribution in [0.5, 0.6) is 0 Å². The van der Waals surface area contributed by atoms with Crippen molar-refractivity contribution in [2.45, 2.75) is 23.2 Å². The average Bonchev–Trinajstić information content (AvgIpc) is 3.48. The van der Waals surface area contributed by atoms with E-state index < -0.39 is 33.8 Å². The molecule has 2 aliphatic heterocycles.